The second-order valence-corrected chi connectivity index (χ2v) is 13.1. The van der Waals surface area contributed by atoms with Gasteiger partial charge in [-0.15, -0.1) is 11.3 Å². The predicted molar refractivity (Wildman–Crippen MR) is 195 cm³/mol. The van der Waals surface area contributed by atoms with Crippen molar-refractivity contribution in [3.05, 3.63) is 145 Å². The molecule has 210 valence electrons. The number of imidazole rings is 1. The zero-order valence-corrected chi connectivity index (χ0v) is 25.4. The molecule has 0 radical (unpaired) electrons. The van der Waals surface area contributed by atoms with E-state index >= 15 is 0 Å². The van der Waals surface area contributed by atoms with Gasteiger partial charge in [-0.2, -0.15) is 0 Å². The van der Waals surface area contributed by atoms with Crippen LogP contribution in [0.3, 0.4) is 0 Å². The van der Waals surface area contributed by atoms with Crippen LogP contribution in [0.2, 0.25) is 0 Å². The van der Waals surface area contributed by atoms with Crippen LogP contribution in [0.5, 0.6) is 0 Å². The molecule has 10 rings (SSSR count). The van der Waals surface area contributed by atoms with E-state index in [-0.39, 0.29) is 0 Å². The fraction of sp³-hybridized carbons (Fsp3) is 0.0238. The van der Waals surface area contributed by atoms with Gasteiger partial charge in [0.15, 0.2) is 0 Å². The molecule has 3 aromatic heterocycles. The highest BCUT2D eigenvalue weighted by Crippen LogP contribution is 2.43. The highest BCUT2D eigenvalue weighted by atomic mass is 32.1. The van der Waals surface area contributed by atoms with E-state index in [4.69, 9.17) is 4.98 Å². The number of benzene rings is 7. The third kappa shape index (κ3) is 3.53. The first-order valence-electron chi connectivity index (χ1n) is 15.4. The van der Waals surface area contributed by atoms with Gasteiger partial charge in [0.05, 0.1) is 16.6 Å². The highest BCUT2D eigenvalue weighted by molar-refractivity contribution is 7.26. The van der Waals surface area contributed by atoms with Crippen LogP contribution in [-0.2, 0) is 0 Å². The Balaban J connectivity index is 1.45. The highest BCUT2D eigenvalue weighted by Gasteiger charge is 2.19. The minimum atomic E-state index is 0.972. The Kier molecular flexibility index (Phi) is 5.11. The Labute approximate surface area is 263 Å². The van der Waals surface area contributed by atoms with Crippen LogP contribution in [-0.4, -0.2) is 9.38 Å². The molecule has 10 aromatic rings. The summed E-state index contributed by atoms with van der Waals surface area (Å²) >= 11 is 1.87. The van der Waals surface area contributed by atoms with E-state index in [1.807, 2.05) is 11.3 Å². The molecule has 0 amide bonds. The number of hydrogen-bond donors (Lipinski definition) is 0. The van der Waals surface area contributed by atoms with E-state index in [0.717, 1.165) is 27.9 Å². The van der Waals surface area contributed by atoms with Gasteiger partial charge in [-0.3, -0.25) is 4.40 Å². The Morgan fingerprint density at radius 1 is 0.511 bits per heavy atom. The Morgan fingerprint density at radius 2 is 1.16 bits per heavy atom. The average Bonchev–Trinajstić information content (AvgIpc) is 3.66. The van der Waals surface area contributed by atoms with Gasteiger partial charge in [0.25, 0.3) is 0 Å². The molecular formula is C42H26N2S. The molecule has 0 unspecified atom stereocenters. The van der Waals surface area contributed by atoms with E-state index in [1.165, 1.54) is 68.8 Å². The van der Waals surface area contributed by atoms with E-state index < -0.39 is 0 Å². The van der Waals surface area contributed by atoms with Crippen LogP contribution in [0.1, 0.15) is 5.56 Å². The number of aryl methyl sites for hydroxylation is 1. The van der Waals surface area contributed by atoms with Gasteiger partial charge in [0.1, 0.15) is 5.82 Å². The van der Waals surface area contributed by atoms with Crippen molar-refractivity contribution in [1.29, 1.82) is 0 Å². The zero-order valence-electron chi connectivity index (χ0n) is 24.6. The summed E-state index contributed by atoms with van der Waals surface area (Å²) in [6.07, 6.45) is 0. The minimum Gasteiger partial charge on any atom is -0.291 e. The molecule has 0 N–H and O–H groups in total. The topological polar surface area (TPSA) is 17.3 Å². The second kappa shape index (κ2) is 9.25. The molecule has 3 heterocycles. The van der Waals surface area contributed by atoms with Crippen molar-refractivity contribution in [3.63, 3.8) is 0 Å². The van der Waals surface area contributed by atoms with Gasteiger partial charge >= 0.3 is 0 Å². The van der Waals surface area contributed by atoms with Gasteiger partial charge in [-0.25, -0.2) is 4.98 Å². The Bertz CT molecular complexity index is 2890. The Morgan fingerprint density at radius 3 is 1.96 bits per heavy atom. The number of para-hydroxylation sites is 2. The molecule has 3 heteroatoms. The lowest BCUT2D eigenvalue weighted by Crippen LogP contribution is -1.91. The van der Waals surface area contributed by atoms with E-state index in [9.17, 15) is 0 Å². The van der Waals surface area contributed by atoms with E-state index in [1.54, 1.807) is 0 Å². The van der Waals surface area contributed by atoms with Gasteiger partial charge in [-0.1, -0.05) is 115 Å². The van der Waals surface area contributed by atoms with Crippen molar-refractivity contribution in [3.8, 4) is 11.4 Å². The number of hydrogen-bond acceptors (Lipinski definition) is 2. The minimum absolute atomic E-state index is 0.972. The van der Waals surface area contributed by atoms with Crippen LogP contribution in [0.4, 0.5) is 0 Å². The van der Waals surface area contributed by atoms with Crippen molar-refractivity contribution >= 4 is 91.1 Å². The van der Waals surface area contributed by atoms with Crippen LogP contribution in [0, 0.1) is 6.92 Å². The standard InChI is InChI=1S/C42H26N2S/c1-25-20-21-26-23-36-34-16-8-17-35(41(34)45-39(36)24-27(26)22-25)42-43-37-18-9-15-33-31-13-5-3-11-29(31)28-10-2-4-12-30(28)32-14-6-7-19-38(32)44(42)40(33)37/h2-24H,1H3. The molecule has 2 nitrogen and oxygen atoms in total. The molecule has 7 aromatic carbocycles. The summed E-state index contributed by atoms with van der Waals surface area (Å²) in [5, 5.41) is 12.5. The fourth-order valence-electron chi connectivity index (χ4n) is 7.40. The lowest BCUT2D eigenvalue weighted by atomic mass is 10.0. The van der Waals surface area contributed by atoms with Crippen molar-refractivity contribution in [1.82, 2.24) is 9.38 Å². The number of aromatic nitrogens is 2. The first kappa shape index (κ1) is 24.9. The lowest BCUT2D eigenvalue weighted by Gasteiger charge is -2.07. The van der Waals surface area contributed by atoms with Crippen LogP contribution in [0.15, 0.2) is 140 Å². The smallest absolute Gasteiger partial charge is 0.147 e. The summed E-state index contributed by atoms with van der Waals surface area (Å²) in [7, 11) is 0. The number of thiophene rings is 1. The molecule has 0 saturated heterocycles. The molecular weight excluding hydrogens is 565 g/mol. The normalized spacial score (nSPS) is 12.1. The van der Waals surface area contributed by atoms with Crippen molar-refractivity contribution in [2.24, 2.45) is 0 Å². The molecule has 45 heavy (non-hydrogen) atoms. The number of nitrogens with zero attached hydrogens (tertiary/aromatic N) is 2. The molecule has 0 aliphatic rings. The molecule has 0 aliphatic heterocycles. The summed E-state index contributed by atoms with van der Waals surface area (Å²) in [5.74, 6) is 0.972. The number of rotatable bonds is 1. The zero-order chi connectivity index (χ0) is 29.6. The van der Waals surface area contributed by atoms with Crippen LogP contribution in [0.25, 0.3) is 91.2 Å². The first-order chi connectivity index (χ1) is 22.2. The second-order valence-electron chi connectivity index (χ2n) is 12.0. The Hall–Kier alpha value is -5.51. The van der Waals surface area contributed by atoms with Crippen molar-refractivity contribution in [2.75, 3.05) is 0 Å². The lowest BCUT2D eigenvalue weighted by molar-refractivity contribution is 1.23. The maximum absolute atomic E-state index is 5.45. The maximum atomic E-state index is 5.45. The first-order valence-corrected chi connectivity index (χ1v) is 16.2. The summed E-state index contributed by atoms with van der Waals surface area (Å²) in [6, 6.07) is 51.2. The summed E-state index contributed by atoms with van der Waals surface area (Å²) < 4.78 is 5.00. The molecule has 0 bridgehead atoms. The third-order valence-electron chi connectivity index (χ3n) is 9.40. The fourth-order valence-corrected chi connectivity index (χ4v) is 8.64. The molecule has 0 spiro atoms. The SMILES string of the molecule is Cc1ccc2cc3c(cc2c1)sc1c(-c2nc4cccc5c6ccccc6c6ccccc6c6ccccc6n2c45)cccc13. The maximum Gasteiger partial charge on any atom is 0.147 e. The summed E-state index contributed by atoms with van der Waals surface area (Å²) in [5.41, 5.74) is 5.72. The summed E-state index contributed by atoms with van der Waals surface area (Å²) in [4.78, 5) is 5.45. The van der Waals surface area contributed by atoms with E-state index in [0.29, 0.717) is 0 Å². The van der Waals surface area contributed by atoms with Crippen LogP contribution >= 0.6 is 11.3 Å². The monoisotopic (exact) mass is 590 g/mol. The number of fused-ring (bicyclic) bond motifs is 11. The van der Waals surface area contributed by atoms with Gasteiger partial charge in [0, 0.05) is 36.5 Å². The molecule has 0 atom stereocenters. The predicted octanol–water partition coefficient (Wildman–Crippen LogP) is 12.0. The van der Waals surface area contributed by atoms with Gasteiger partial charge < -0.3 is 0 Å². The van der Waals surface area contributed by atoms with Crippen LogP contribution < -0.4 is 0 Å². The van der Waals surface area contributed by atoms with Gasteiger partial charge in [-0.05, 0) is 69.6 Å². The molecule has 0 saturated carbocycles. The quantitative estimate of drug-likeness (QED) is 0.186. The molecule has 0 fully saturated rings. The van der Waals surface area contributed by atoms with Crippen molar-refractivity contribution in [2.45, 2.75) is 6.92 Å². The van der Waals surface area contributed by atoms with Crippen molar-refractivity contribution < 1.29 is 0 Å². The third-order valence-corrected chi connectivity index (χ3v) is 10.6. The average molecular weight is 591 g/mol. The van der Waals surface area contributed by atoms with Gasteiger partial charge in [0.2, 0.25) is 0 Å². The largest absolute Gasteiger partial charge is 0.291 e. The summed E-state index contributed by atoms with van der Waals surface area (Å²) in [6.45, 7) is 2.16. The van der Waals surface area contributed by atoms with E-state index in [2.05, 4.69) is 151 Å². The molecule has 0 aliphatic carbocycles.